The predicted molar refractivity (Wildman–Crippen MR) is 57.2 cm³/mol. The summed E-state index contributed by atoms with van der Waals surface area (Å²) >= 11 is 0. The molecule has 0 aromatic carbocycles. The van der Waals surface area contributed by atoms with Crippen LogP contribution in [0.4, 0.5) is 17.6 Å². The van der Waals surface area contributed by atoms with E-state index in [0.29, 0.717) is 12.0 Å². The molecule has 1 aromatic heterocycles. The van der Waals surface area contributed by atoms with Gasteiger partial charge in [0.25, 0.3) is 0 Å². The molecular weight excluding hydrogens is 178 g/mol. The number of rotatable bonds is 3. The van der Waals surface area contributed by atoms with Crippen LogP contribution < -0.4 is 16.4 Å². The summed E-state index contributed by atoms with van der Waals surface area (Å²) in [4.78, 5) is 8.13. The number of nitrogens with two attached hydrogens (primary N) is 1. The second-order valence-electron chi connectivity index (χ2n) is 3.71. The van der Waals surface area contributed by atoms with E-state index in [1.807, 2.05) is 13.1 Å². The Morgan fingerprint density at radius 3 is 2.64 bits per heavy atom. The summed E-state index contributed by atoms with van der Waals surface area (Å²) in [5.41, 5.74) is 5.56. The molecule has 0 spiro atoms. The highest BCUT2D eigenvalue weighted by molar-refractivity contribution is 5.51. The number of hydrogen-bond donors (Lipinski definition) is 3. The van der Waals surface area contributed by atoms with Gasteiger partial charge in [0.15, 0.2) is 0 Å². The molecule has 1 aliphatic rings. The smallest absolute Gasteiger partial charge is 0.223 e. The minimum atomic E-state index is 0.299. The maximum absolute atomic E-state index is 5.56. The molecule has 2 rings (SSSR count). The first-order valence-electron chi connectivity index (χ1n) is 4.78. The molecule has 1 fully saturated rings. The lowest BCUT2D eigenvalue weighted by atomic mass is 10.4. The van der Waals surface area contributed by atoms with Crippen molar-refractivity contribution in [3.05, 3.63) is 6.07 Å². The lowest BCUT2D eigenvalue weighted by Gasteiger charge is -2.06. The molecule has 0 radical (unpaired) electrons. The zero-order valence-electron chi connectivity index (χ0n) is 8.41. The third kappa shape index (κ3) is 1.86. The van der Waals surface area contributed by atoms with Gasteiger partial charge < -0.3 is 16.4 Å². The normalized spacial score (nSPS) is 24.4. The molecule has 1 saturated carbocycles. The largest absolute Gasteiger partial charge is 0.373 e. The van der Waals surface area contributed by atoms with Crippen molar-refractivity contribution in [2.75, 3.05) is 23.4 Å². The lowest BCUT2D eigenvalue weighted by Crippen LogP contribution is -2.08. The molecule has 1 aliphatic carbocycles. The summed E-state index contributed by atoms with van der Waals surface area (Å²) < 4.78 is 0. The Kier molecular flexibility index (Phi) is 2.15. The Hall–Kier alpha value is -1.52. The molecule has 5 nitrogen and oxygen atoms in total. The van der Waals surface area contributed by atoms with E-state index < -0.39 is 0 Å². The van der Waals surface area contributed by atoms with Gasteiger partial charge in [0.05, 0.1) is 0 Å². The summed E-state index contributed by atoms with van der Waals surface area (Å²) in [6.45, 7) is 2.21. The van der Waals surface area contributed by atoms with Gasteiger partial charge in [0, 0.05) is 19.2 Å². The van der Waals surface area contributed by atoms with Gasteiger partial charge >= 0.3 is 0 Å². The third-order valence-corrected chi connectivity index (χ3v) is 2.44. The average Bonchev–Trinajstić information content (AvgIpc) is 2.80. The average molecular weight is 193 g/mol. The first-order valence-corrected chi connectivity index (χ1v) is 4.78. The molecule has 2 atom stereocenters. The number of nitrogen functional groups attached to an aromatic ring is 1. The topological polar surface area (TPSA) is 75.9 Å². The summed E-state index contributed by atoms with van der Waals surface area (Å²) in [5, 5.41) is 6.25. The predicted octanol–water partition coefficient (Wildman–Crippen LogP) is 0.921. The molecule has 0 bridgehead atoms. The fourth-order valence-corrected chi connectivity index (χ4v) is 1.38. The van der Waals surface area contributed by atoms with Crippen LogP contribution in [-0.2, 0) is 0 Å². The van der Waals surface area contributed by atoms with Crippen LogP contribution >= 0.6 is 0 Å². The highest BCUT2D eigenvalue weighted by Gasteiger charge is 2.32. The molecule has 1 heterocycles. The minimum absolute atomic E-state index is 0.299. The van der Waals surface area contributed by atoms with Crippen molar-refractivity contribution >= 4 is 17.6 Å². The molecular formula is C9H15N5. The van der Waals surface area contributed by atoms with Crippen molar-refractivity contribution in [3.63, 3.8) is 0 Å². The summed E-state index contributed by atoms with van der Waals surface area (Å²) in [7, 11) is 1.81. The Morgan fingerprint density at radius 2 is 2.07 bits per heavy atom. The van der Waals surface area contributed by atoms with Crippen molar-refractivity contribution in [1.82, 2.24) is 9.97 Å². The molecule has 4 N–H and O–H groups in total. The van der Waals surface area contributed by atoms with Crippen LogP contribution in [0, 0.1) is 5.92 Å². The van der Waals surface area contributed by atoms with E-state index >= 15 is 0 Å². The van der Waals surface area contributed by atoms with Crippen LogP contribution in [-0.4, -0.2) is 23.1 Å². The summed E-state index contributed by atoms with van der Waals surface area (Å²) in [6.07, 6.45) is 1.21. The van der Waals surface area contributed by atoms with E-state index in [4.69, 9.17) is 5.73 Å². The van der Waals surface area contributed by atoms with E-state index in [1.165, 1.54) is 6.42 Å². The van der Waals surface area contributed by atoms with Crippen molar-refractivity contribution in [2.24, 2.45) is 5.92 Å². The number of anilines is 3. The van der Waals surface area contributed by atoms with Gasteiger partial charge in [-0.15, -0.1) is 0 Å². The van der Waals surface area contributed by atoms with E-state index in [9.17, 15) is 0 Å². The van der Waals surface area contributed by atoms with E-state index in [2.05, 4.69) is 27.5 Å². The quantitative estimate of drug-likeness (QED) is 0.665. The molecule has 76 valence electrons. The third-order valence-electron chi connectivity index (χ3n) is 2.44. The number of nitrogens with one attached hydrogen (secondary N) is 2. The van der Waals surface area contributed by atoms with Crippen molar-refractivity contribution in [1.29, 1.82) is 0 Å². The fourth-order valence-electron chi connectivity index (χ4n) is 1.38. The van der Waals surface area contributed by atoms with Gasteiger partial charge in [-0.05, 0) is 12.3 Å². The highest BCUT2D eigenvalue weighted by atomic mass is 15.1. The number of nitrogens with zero attached hydrogens (tertiary/aromatic N) is 2. The minimum Gasteiger partial charge on any atom is -0.373 e. The van der Waals surface area contributed by atoms with Crippen LogP contribution in [0.5, 0.6) is 0 Å². The first-order chi connectivity index (χ1) is 6.69. The standard InChI is InChI=1S/C9H15N5/c1-5-3-6(5)12-8-4-7(11-2)13-9(10)14-8/h4-6H,3H2,1-2H3,(H4,10,11,12,13,14). The Bertz CT molecular complexity index is 338. The molecule has 0 saturated heterocycles. The van der Waals surface area contributed by atoms with Gasteiger partial charge in [-0.1, -0.05) is 6.92 Å². The maximum atomic E-state index is 5.56. The molecule has 5 heteroatoms. The SMILES string of the molecule is CNc1cc(NC2CC2C)nc(N)n1. The molecule has 14 heavy (non-hydrogen) atoms. The number of aromatic nitrogens is 2. The van der Waals surface area contributed by atoms with Crippen LogP contribution in [0.3, 0.4) is 0 Å². The lowest BCUT2D eigenvalue weighted by molar-refractivity contribution is 0.922. The zero-order chi connectivity index (χ0) is 10.1. The van der Waals surface area contributed by atoms with E-state index in [-0.39, 0.29) is 0 Å². The molecule has 0 aliphatic heterocycles. The van der Waals surface area contributed by atoms with Gasteiger partial charge in [0.2, 0.25) is 5.95 Å². The summed E-state index contributed by atoms with van der Waals surface area (Å²) in [5.74, 6) is 2.58. The molecule has 2 unspecified atom stereocenters. The van der Waals surface area contributed by atoms with Crippen LogP contribution in [0.2, 0.25) is 0 Å². The summed E-state index contributed by atoms with van der Waals surface area (Å²) in [6, 6.07) is 2.41. The van der Waals surface area contributed by atoms with Crippen LogP contribution in [0.25, 0.3) is 0 Å². The van der Waals surface area contributed by atoms with Crippen molar-refractivity contribution in [3.8, 4) is 0 Å². The van der Waals surface area contributed by atoms with Crippen molar-refractivity contribution < 1.29 is 0 Å². The Balaban J connectivity index is 2.12. The van der Waals surface area contributed by atoms with Crippen LogP contribution in [0.15, 0.2) is 6.07 Å². The van der Waals surface area contributed by atoms with Gasteiger partial charge in [-0.25, -0.2) is 0 Å². The number of hydrogen-bond acceptors (Lipinski definition) is 5. The Labute approximate surface area is 83.1 Å². The highest BCUT2D eigenvalue weighted by Crippen LogP contribution is 2.32. The Morgan fingerprint density at radius 1 is 1.43 bits per heavy atom. The molecule has 0 amide bonds. The fraction of sp³-hybridized carbons (Fsp3) is 0.556. The van der Waals surface area contributed by atoms with E-state index in [1.54, 1.807) is 0 Å². The van der Waals surface area contributed by atoms with E-state index in [0.717, 1.165) is 17.6 Å². The van der Waals surface area contributed by atoms with Gasteiger partial charge in [-0.2, -0.15) is 9.97 Å². The zero-order valence-corrected chi connectivity index (χ0v) is 8.41. The van der Waals surface area contributed by atoms with Gasteiger partial charge in [0.1, 0.15) is 11.6 Å². The monoisotopic (exact) mass is 193 g/mol. The maximum Gasteiger partial charge on any atom is 0.223 e. The first kappa shape index (κ1) is 9.05. The second kappa shape index (κ2) is 3.32. The van der Waals surface area contributed by atoms with Crippen LogP contribution in [0.1, 0.15) is 13.3 Å². The van der Waals surface area contributed by atoms with Gasteiger partial charge in [-0.3, -0.25) is 0 Å². The molecule has 1 aromatic rings. The second-order valence-corrected chi connectivity index (χ2v) is 3.71. The van der Waals surface area contributed by atoms with Crippen molar-refractivity contribution in [2.45, 2.75) is 19.4 Å².